The van der Waals surface area contributed by atoms with E-state index in [0.717, 1.165) is 5.56 Å². The fourth-order valence-corrected chi connectivity index (χ4v) is 4.80. The molecule has 0 bridgehead atoms. The highest BCUT2D eigenvalue weighted by atomic mass is 35.5. The molecule has 0 saturated heterocycles. The monoisotopic (exact) mass is 433 g/mol. The second-order valence-electron chi connectivity index (χ2n) is 7.48. The molecule has 0 saturated carbocycles. The van der Waals surface area contributed by atoms with Gasteiger partial charge in [-0.2, -0.15) is 0 Å². The molecule has 8 heteroatoms. The van der Waals surface area contributed by atoms with Crippen molar-refractivity contribution in [2.75, 3.05) is 0 Å². The number of carbonyl (C=O) groups is 1. The molecule has 1 aliphatic heterocycles. The number of amidine groups is 1. The van der Waals surface area contributed by atoms with E-state index in [-0.39, 0.29) is 28.6 Å². The van der Waals surface area contributed by atoms with Crippen molar-refractivity contribution >= 4 is 33.4 Å². The van der Waals surface area contributed by atoms with Gasteiger partial charge in [-0.1, -0.05) is 55.8 Å². The number of rotatable bonds is 6. The van der Waals surface area contributed by atoms with E-state index >= 15 is 0 Å². The largest absolute Gasteiger partial charge is 0.348 e. The van der Waals surface area contributed by atoms with Crippen LogP contribution in [0.1, 0.15) is 44.4 Å². The summed E-state index contributed by atoms with van der Waals surface area (Å²) in [5.74, 6) is 0.118. The molecule has 6 nitrogen and oxygen atoms in total. The highest BCUT2D eigenvalue weighted by Crippen LogP contribution is 2.25. The molecule has 0 spiro atoms. The molecule has 2 unspecified atom stereocenters. The molecule has 2 aromatic rings. The highest BCUT2D eigenvalue weighted by molar-refractivity contribution is 7.90. The van der Waals surface area contributed by atoms with Crippen molar-refractivity contribution in [3.05, 3.63) is 64.7 Å². The van der Waals surface area contributed by atoms with Crippen molar-refractivity contribution in [2.24, 2.45) is 10.9 Å². The van der Waals surface area contributed by atoms with Gasteiger partial charge in [0.05, 0.1) is 10.9 Å². The first-order valence-electron chi connectivity index (χ1n) is 9.44. The maximum absolute atomic E-state index is 13.0. The lowest BCUT2D eigenvalue weighted by atomic mass is 10.0. The number of sulfonamides is 1. The summed E-state index contributed by atoms with van der Waals surface area (Å²) in [6.45, 7) is 5.84. The number of halogens is 1. The van der Waals surface area contributed by atoms with Gasteiger partial charge in [-0.15, -0.1) is 0 Å². The van der Waals surface area contributed by atoms with Crippen molar-refractivity contribution < 1.29 is 13.2 Å². The van der Waals surface area contributed by atoms with Gasteiger partial charge in [0.25, 0.3) is 10.0 Å². The van der Waals surface area contributed by atoms with Crippen LogP contribution >= 0.6 is 11.6 Å². The van der Waals surface area contributed by atoms with Crippen LogP contribution in [0.15, 0.2) is 58.4 Å². The first kappa shape index (κ1) is 21.3. The fourth-order valence-electron chi connectivity index (χ4n) is 3.26. The van der Waals surface area contributed by atoms with E-state index in [9.17, 15) is 13.2 Å². The maximum atomic E-state index is 13.0. The van der Waals surface area contributed by atoms with Gasteiger partial charge in [-0.25, -0.2) is 8.42 Å². The molecule has 154 valence electrons. The zero-order valence-electron chi connectivity index (χ0n) is 16.5. The maximum Gasteiger partial charge on any atom is 0.263 e. The molecule has 0 aliphatic carbocycles. The van der Waals surface area contributed by atoms with Gasteiger partial charge < -0.3 is 5.32 Å². The number of nitrogens with zero attached hydrogens (tertiary/aromatic N) is 1. The number of benzene rings is 2. The van der Waals surface area contributed by atoms with Crippen LogP contribution in [-0.4, -0.2) is 26.2 Å². The van der Waals surface area contributed by atoms with Crippen molar-refractivity contribution in [1.82, 2.24) is 10.0 Å². The molecule has 2 atom stereocenters. The predicted molar refractivity (Wildman–Crippen MR) is 115 cm³/mol. The zero-order valence-corrected chi connectivity index (χ0v) is 18.1. The van der Waals surface area contributed by atoms with Gasteiger partial charge in [0.2, 0.25) is 5.91 Å². The average molecular weight is 434 g/mol. The lowest BCUT2D eigenvalue weighted by Crippen LogP contribution is -2.37. The zero-order chi connectivity index (χ0) is 21.2. The molecule has 1 heterocycles. The molecular weight excluding hydrogens is 410 g/mol. The standard InChI is InChI=1S/C21H24ClN3O3S/c1-13(2)12-18(21(26)23-14(3)15-8-4-6-10-17(15)22)24-20-16-9-5-7-11-19(16)29(27,28)25-20/h4-11,13-14,18H,12H2,1-3H3,(H,23,26)(H,24,25). The molecule has 1 amide bonds. The van der Waals surface area contributed by atoms with Gasteiger partial charge in [0.1, 0.15) is 11.9 Å². The third kappa shape index (κ3) is 4.79. The Labute approximate surface area is 176 Å². The van der Waals surface area contributed by atoms with E-state index in [0.29, 0.717) is 17.0 Å². The number of fused-ring (bicyclic) bond motifs is 1. The lowest BCUT2D eigenvalue weighted by molar-refractivity contribution is -0.123. The lowest BCUT2D eigenvalue weighted by Gasteiger charge is -2.20. The minimum Gasteiger partial charge on any atom is -0.348 e. The van der Waals surface area contributed by atoms with Crippen LogP contribution in [-0.2, 0) is 14.8 Å². The van der Waals surface area contributed by atoms with Crippen LogP contribution in [0.5, 0.6) is 0 Å². The smallest absolute Gasteiger partial charge is 0.263 e. The van der Waals surface area contributed by atoms with E-state index in [1.165, 1.54) is 6.07 Å². The van der Waals surface area contributed by atoms with Crippen LogP contribution in [0.3, 0.4) is 0 Å². The second kappa shape index (κ2) is 8.55. The minimum atomic E-state index is -3.66. The number of hydrogen-bond donors (Lipinski definition) is 2. The summed E-state index contributed by atoms with van der Waals surface area (Å²) < 4.78 is 27.1. The molecule has 2 N–H and O–H groups in total. The molecule has 3 rings (SSSR count). The van der Waals surface area contributed by atoms with E-state index in [2.05, 4.69) is 15.0 Å². The molecule has 0 aromatic heterocycles. The van der Waals surface area contributed by atoms with Crippen LogP contribution in [0.2, 0.25) is 5.02 Å². The van der Waals surface area contributed by atoms with Gasteiger partial charge in [0.15, 0.2) is 0 Å². The number of carbonyl (C=O) groups excluding carboxylic acids is 1. The molecular formula is C21H24ClN3O3S. The Morgan fingerprint density at radius 2 is 1.76 bits per heavy atom. The SMILES string of the molecule is CC(C)CC(N=C1NS(=O)(=O)c2ccccc21)C(=O)NC(C)c1ccccc1Cl. The van der Waals surface area contributed by atoms with Crippen molar-refractivity contribution in [3.8, 4) is 0 Å². The number of amides is 1. The summed E-state index contributed by atoms with van der Waals surface area (Å²) in [5, 5.41) is 3.53. The Bertz CT molecular complexity index is 1050. The molecule has 1 aliphatic rings. The molecule has 0 radical (unpaired) electrons. The third-order valence-corrected chi connectivity index (χ3v) is 6.42. The first-order valence-corrected chi connectivity index (χ1v) is 11.3. The van der Waals surface area contributed by atoms with Crippen LogP contribution in [0.4, 0.5) is 0 Å². The van der Waals surface area contributed by atoms with Gasteiger partial charge in [0, 0.05) is 10.6 Å². The molecule has 2 aromatic carbocycles. The number of nitrogens with one attached hydrogen (secondary N) is 2. The normalized spacial score (nSPS) is 18.2. The summed E-state index contributed by atoms with van der Waals surface area (Å²) >= 11 is 6.24. The van der Waals surface area contributed by atoms with E-state index in [1.54, 1.807) is 24.3 Å². The topological polar surface area (TPSA) is 87.6 Å². The minimum absolute atomic E-state index is 0.173. The molecule has 0 fully saturated rings. The average Bonchev–Trinajstić information content (AvgIpc) is 2.91. The summed E-state index contributed by atoms with van der Waals surface area (Å²) in [4.78, 5) is 17.7. The van der Waals surface area contributed by atoms with Crippen LogP contribution in [0, 0.1) is 5.92 Å². The van der Waals surface area contributed by atoms with E-state index in [1.807, 2.05) is 39.0 Å². The Morgan fingerprint density at radius 1 is 1.10 bits per heavy atom. The number of hydrogen-bond acceptors (Lipinski definition) is 4. The van der Waals surface area contributed by atoms with Crippen molar-refractivity contribution in [1.29, 1.82) is 0 Å². The van der Waals surface area contributed by atoms with Gasteiger partial charge in [-0.3, -0.25) is 14.5 Å². The first-order chi connectivity index (χ1) is 13.7. The molecule has 29 heavy (non-hydrogen) atoms. The summed E-state index contributed by atoms with van der Waals surface area (Å²) in [6, 6.07) is 12.9. The Hall–Kier alpha value is -2.38. The van der Waals surface area contributed by atoms with Crippen molar-refractivity contribution in [3.63, 3.8) is 0 Å². The van der Waals surface area contributed by atoms with E-state index < -0.39 is 16.1 Å². The Kier molecular flexibility index (Phi) is 6.29. The van der Waals surface area contributed by atoms with Crippen LogP contribution < -0.4 is 10.0 Å². The second-order valence-corrected chi connectivity index (χ2v) is 9.53. The Balaban J connectivity index is 1.88. The van der Waals surface area contributed by atoms with Crippen LogP contribution in [0.25, 0.3) is 0 Å². The fraction of sp³-hybridized carbons (Fsp3) is 0.333. The van der Waals surface area contributed by atoms with Crippen molar-refractivity contribution in [2.45, 2.75) is 44.2 Å². The third-order valence-electron chi connectivity index (χ3n) is 4.68. The quantitative estimate of drug-likeness (QED) is 0.728. The number of aliphatic imine (C=N–C) groups is 1. The van der Waals surface area contributed by atoms with E-state index in [4.69, 9.17) is 11.6 Å². The summed E-state index contributed by atoms with van der Waals surface area (Å²) in [7, 11) is -3.66. The van der Waals surface area contributed by atoms with Gasteiger partial charge >= 0.3 is 0 Å². The summed E-state index contributed by atoms with van der Waals surface area (Å²) in [5.41, 5.74) is 1.29. The summed E-state index contributed by atoms with van der Waals surface area (Å²) in [6.07, 6.45) is 0.481. The Morgan fingerprint density at radius 3 is 2.45 bits per heavy atom. The highest BCUT2D eigenvalue weighted by Gasteiger charge is 2.32. The predicted octanol–water partition coefficient (Wildman–Crippen LogP) is 3.67. The van der Waals surface area contributed by atoms with Gasteiger partial charge in [-0.05, 0) is 43.0 Å².